The van der Waals surface area contributed by atoms with E-state index in [0.29, 0.717) is 34.9 Å². The molecule has 11 heteroatoms. The van der Waals surface area contributed by atoms with E-state index in [4.69, 9.17) is 22.1 Å². The summed E-state index contributed by atoms with van der Waals surface area (Å²) in [6.45, 7) is 0.170. The highest BCUT2D eigenvalue weighted by Gasteiger charge is 2.41. The highest BCUT2D eigenvalue weighted by Crippen LogP contribution is 2.42. The van der Waals surface area contributed by atoms with Crippen LogP contribution in [-0.4, -0.2) is 47.6 Å². The molecule has 1 aromatic heterocycles. The van der Waals surface area contributed by atoms with Crippen LogP contribution >= 0.6 is 11.6 Å². The highest BCUT2D eigenvalue weighted by atomic mass is 35.5. The molecule has 5 rings (SSSR count). The van der Waals surface area contributed by atoms with E-state index in [1.807, 2.05) is 18.2 Å². The van der Waals surface area contributed by atoms with Gasteiger partial charge in [-0.1, -0.05) is 48.7 Å². The van der Waals surface area contributed by atoms with Crippen LogP contribution in [0.15, 0.2) is 72.0 Å². The normalized spacial score (nSPS) is 21.2. The second-order valence-corrected chi connectivity index (χ2v) is 11.7. The molecule has 9 nitrogen and oxygen atoms in total. The Hall–Kier alpha value is -4.04. The van der Waals surface area contributed by atoms with Gasteiger partial charge >= 0.3 is 6.03 Å². The third-order valence-corrected chi connectivity index (χ3v) is 8.55. The van der Waals surface area contributed by atoms with E-state index < -0.39 is 29.3 Å². The first-order valence-corrected chi connectivity index (χ1v) is 14.7. The molecular weight excluding hydrogens is 571 g/mol. The third kappa shape index (κ3) is 7.13. The fourth-order valence-corrected chi connectivity index (χ4v) is 5.66. The largest absolute Gasteiger partial charge is 0.380 e. The maximum atomic E-state index is 15.2. The lowest BCUT2D eigenvalue weighted by atomic mass is 9.77. The van der Waals surface area contributed by atoms with E-state index in [1.54, 1.807) is 30.3 Å². The molecule has 1 saturated carbocycles. The van der Waals surface area contributed by atoms with Crippen LogP contribution in [0.1, 0.15) is 44.1 Å². The molecule has 2 fully saturated rings. The fraction of sp³-hybridized carbons (Fsp3) is 0.375. The maximum absolute atomic E-state index is 15.2. The van der Waals surface area contributed by atoms with E-state index in [-0.39, 0.29) is 30.6 Å². The summed E-state index contributed by atoms with van der Waals surface area (Å²) < 4.78 is 20.6. The Bertz CT molecular complexity index is 1510. The lowest BCUT2D eigenvalue weighted by molar-refractivity contribution is -0.119. The second kappa shape index (κ2) is 13.1. The average Bonchev–Trinajstić information content (AvgIpc) is 3.78. The van der Waals surface area contributed by atoms with Crippen LogP contribution in [0, 0.1) is 23.1 Å². The number of methoxy groups -OCH3 is 1. The van der Waals surface area contributed by atoms with Gasteiger partial charge in [0.05, 0.1) is 28.4 Å². The van der Waals surface area contributed by atoms with Gasteiger partial charge in [-0.15, -0.1) is 0 Å². The number of urea groups is 1. The number of nitriles is 1. The smallest absolute Gasteiger partial charge is 0.323 e. The lowest BCUT2D eigenvalue weighted by Gasteiger charge is -2.33. The number of nitrogens with zero attached hydrogens (tertiary/aromatic N) is 3. The van der Waals surface area contributed by atoms with Gasteiger partial charge in [-0.25, -0.2) is 14.2 Å². The second-order valence-electron chi connectivity index (χ2n) is 11.2. The van der Waals surface area contributed by atoms with Crippen LogP contribution in [0.2, 0.25) is 5.02 Å². The Labute approximate surface area is 255 Å². The number of carbonyl (C=O) groups excluding carboxylic acids is 2. The van der Waals surface area contributed by atoms with Gasteiger partial charge in [0.2, 0.25) is 5.91 Å². The van der Waals surface area contributed by atoms with Crippen molar-refractivity contribution in [2.75, 3.05) is 24.3 Å². The molecule has 2 aliphatic carbocycles. The molecule has 1 aliphatic heterocycles. The monoisotopic (exact) mass is 604 g/mol. The van der Waals surface area contributed by atoms with E-state index in [0.717, 1.165) is 12.0 Å². The molecular formula is C32H34ClFN6O3. The number of benzene rings is 1. The van der Waals surface area contributed by atoms with E-state index >= 15 is 4.39 Å². The van der Waals surface area contributed by atoms with E-state index in [2.05, 4.69) is 21.7 Å². The zero-order valence-electron chi connectivity index (χ0n) is 23.9. The molecule has 0 bridgehead atoms. The molecule has 0 radical (unpaired) electrons. The van der Waals surface area contributed by atoms with Crippen molar-refractivity contribution in [2.45, 2.75) is 56.2 Å². The number of hydrogen-bond acceptors (Lipinski definition) is 6. The summed E-state index contributed by atoms with van der Waals surface area (Å²) in [5.41, 5.74) is 8.28. The molecule has 1 aromatic carbocycles. The number of nitrogens with two attached hydrogens (primary N) is 1. The van der Waals surface area contributed by atoms with Crippen LogP contribution in [0.25, 0.3) is 0 Å². The predicted molar refractivity (Wildman–Crippen MR) is 163 cm³/mol. The first kappa shape index (κ1) is 30.4. The van der Waals surface area contributed by atoms with Crippen molar-refractivity contribution >= 4 is 35.0 Å². The standard InChI is InChI=1S/C32H34ClFN6O3/c1-43-25-16-28(40(19-25)31(42)39-29-12-10-24(33)18-37-29)30(41)38-27-15-23(9-11-26(27)34)32(36,14-13-20-5-6-20)22-4-2-3-21(17-35)7-8-22/h2-4,7,9-12,15,18,20,25,28H,5-6,8,13-14,16,19,36H2,1H3,(H,38,41)(H,37,39,42)/t25-,28-,32?/m1/s1. The summed E-state index contributed by atoms with van der Waals surface area (Å²) in [5.74, 6) is -0.275. The van der Waals surface area contributed by atoms with Gasteiger partial charge in [-0.3, -0.25) is 10.1 Å². The number of ether oxygens (including phenoxy) is 1. The van der Waals surface area contributed by atoms with E-state index in [9.17, 15) is 14.9 Å². The number of carbonyl (C=O) groups is 2. The molecule has 2 aromatic rings. The lowest BCUT2D eigenvalue weighted by Crippen LogP contribution is -2.45. The number of anilines is 2. The molecule has 0 spiro atoms. The highest BCUT2D eigenvalue weighted by molar-refractivity contribution is 6.30. The zero-order valence-corrected chi connectivity index (χ0v) is 24.6. The molecule has 224 valence electrons. The first-order chi connectivity index (χ1) is 20.7. The van der Waals surface area contributed by atoms with Crippen molar-refractivity contribution in [3.8, 4) is 6.07 Å². The molecule has 3 amide bonds. The first-order valence-electron chi connectivity index (χ1n) is 14.3. The summed E-state index contributed by atoms with van der Waals surface area (Å²) in [7, 11) is 1.51. The molecule has 43 heavy (non-hydrogen) atoms. The van der Waals surface area contributed by atoms with Crippen LogP contribution in [0.5, 0.6) is 0 Å². The third-order valence-electron chi connectivity index (χ3n) is 8.32. The van der Waals surface area contributed by atoms with Crippen molar-refractivity contribution in [1.82, 2.24) is 9.88 Å². The number of likely N-dealkylation sites (tertiary alicyclic amines) is 1. The van der Waals surface area contributed by atoms with Crippen molar-refractivity contribution in [3.63, 3.8) is 0 Å². The number of amides is 3. The maximum Gasteiger partial charge on any atom is 0.323 e. The van der Waals surface area contributed by atoms with Gasteiger partial charge in [0.15, 0.2) is 0 Å². The molecule has 4 N–H and O–H groups in total. The number of nitrogens with one attached hydrogen (secondary N) is 2. The number of rotatable bonds is 9. The Morgan fingerprint density at radius 3 is 2.79 bits per heavy atom. The predicted octanol–water partition coefficient (Wildman–Crippen LogP) is 5.81. The van der Waals surface area contributed by atoms with Gasteiger partial charge in [-0.05, 0) is 66.7 Å². The summed E-state index contributed by atoms with van der Waals surface area (Å²) in [4.78, 5) is 32.1. The van der Waals surface area contributed by atoms with Crippen molar-refractivity contribution < 1.29 is 18.7 Å². The number of allylic oxidation sites excluding steroid dienone is 5. The van der Waals surface area contributed by atoms with Gasteiger partial charge in [0, 0.05) is 31.8 Å². The minimum Gasteiger partial charge on any atom is -0.380 e. The van der Waals surface area contributed by atoms with Gasteiger partial charge in [0.25, 0.3) is 0 Å². The Morgan fingerprint density at radius 1 is 1.28 bits per heavy atom. The molecule has 3 aliphatic rings. The van der Waals surface area contributed by atoms with Crippen LogP contribution < -0.4 is 16.4 Å². The summed E-state index contributed by atoms with van der Waals surface area (Å²) in [6, 6.07) is 8.39. The van der Waals surface area contributed by atoms with Crippen molar-refractivity contribution in [1.29, 1.82) is 5.26 Å². The van der Waals surface area contributed by atoms with Crippen LogP contribution in [0.3, 0.4) is 0 Å². The van der Waals surface area contributed by atoms with E-state index in [1.165, 1.54) is 37.1 Å². The summed E-state index contributed by atoms with van der Waals surface area (Å²) >= 11 is 5.89. The number of hydrogen-bond donors (Lipinski definition) is 3. The average molecular weight is 605 g/mol. The van der Waals surface area contributed by atoms with Crippen LogP contribution in [0.4, 0.5) is 20.7 Å². The Kier molecular flexibility index (Phi) is 9.25. The molecule has 1 unspecified atom stereocenters. The zero-order chi connectivity index (χ0) is 30.6. The topological polar surface area (TPSA) is 133 Å². The summed E-state index contributed by atoms with van der Waals surface area (Å²) in [5, 5.41) is 15.2. The van der Waals surface area contributed by atoms with Gasteiger partial charge in [-0.2, -0.15) is 5.26 Å². The minimum atomic E-state index is -0.937. The molecule has 3 atom stereocenters. The molecule has 1 saturated heterocycles. The van der Waals surface area contributed by atoms with Gasteiger partial charge < -0.3 is 20.7 Å². The molecule has 2 heterocycles. The van der Waals surface area contributed by atoms with Gasteiger partial charge in [0.1, 0.15) is 17.7 Å². The SMILES string of the molecule is CO[C@@H]1C[C@H](C(=O)Nc2cc(C(N)(CCC3CC3)C3=CC=CC(C#N)=CC3)ccc2F)N(C(=O)Nc2ccc(Cl)cn2)C1. The fourth-order valence-electron chi connectivity index (χ4n) is 5.55. The van der Waals surface area contributed by atoms with Crippen LogP contribution in [-0.2, 0) is 15.1 Å². The minimum absolute atomic E-state index is 0.0256. The quantitative estimate of drug-likeness (QED) is 0.330. The Balaban J connectivity index is 1.38. The van der Waals surface area contributed by atoms with Crippen molar-refractivity contribution in [3.05, 3.63) is 88.4 Å². The summed E-state index contributed by atoms with van der Waals surface area (Å²) in [6.07, 6.45) is 12.9. The van der Waals surface area contributed by atoms with Crippen molar-refractivity contribution in [2.24, 2.45) is 11.7 Å². The number of halogens is 2. The Morgan fingerprint density at radius 2 is 2.09 bits per heavy atom. The number of pyridine rings is 1. The number of aromatic nitrogens is 1.